The maximum atomic E-state index is 5.68. The molecule has 0 aromatic carbocycles. The number of hydrogen-bond donors (Lipinski definition) is 1. The molecule has 0 unspecified atom stereocenters. The molecule has 1 fully saturated rings. The van der Waals surface area contributed by atoms with Gasteiger partial charge in [-0.25, -0.2) is 0 Å². The fraction of sp³-hybridized carbons (Fsp3) is 1.00. The highest BCUT2D eigenvalue weighted by Gasteiger charge is 2.08. The maximum Gasteiger partial charge on any atom is 0.0594 e. The number of unbranched alkanes of at least 4 members (excludes halogenated alkanes) is 1. The van der Waals surface area contributed by atoms with Crippen molar-refractivity contribution in [1.82, 2.24) is 4.90 Å². The molecule has 13 heavy (non-hydrogen) atoms. The van der Waals surface area contributed by atoms with E-state index in [1.54, 1.807) is 0 Å². The monoisotopic (exact) mass is 186 g/mol. The van der Waals surface area contributed by atoms with E-state index in [9.17, 15) is 0 Å². The zero-order valence-corrected chi connectivity index (χ0v) is 8.67. The number of nitrogens with zero attached hydrogens (tertiary/aromatic N) is 1. The molecule has 0 spiro atoms. The summed E-state index contributed by atoms with van der Waals surface area (Å²) in [5, 5.41) is 0. The number of ether oxygens (including phenoxy) is 1. The molecule has 0 amide bonds. The van der Waals surface area contributed by atoms with Gasteiger partial charge in [0.15, 0.2) is 0 Å². The van der Waals surface area contributed by atoms with Crippen LogP contribution in [0.3, 0.4) is 0 Å². The first-order valence-electron chi connectivity index (χ1n) is 5.34. The zero-order chi connectivity index (χ0) is 9.52. The standard InChI is InChI=1S/C10H22N2O/c1-10(11)4-2-3-5-12-6-8-13-9-7-12/h10H,2-9,11H2,1H3/t10-/m0/s1. The van der Waals surface area contributed by atoms with Crippen molar-refractivity contribution in [3.63, 3.8) is 0 Å². The largest absolute Gasteiger partial charge is 0.379 e. The quantitative estimate of drug-likeness (QED) is 0.647. The molecular weight excluding hydrogens is 164 g/mol. The minimum absolute atomic E-state index is 0.365. The van der Waals surface area contributed by atoms with Gasteiger partial charge < -0.3 is 10.5 Å². The smallest absolute Gasteiger partial charge is 0.0594 e. The number of nitrogens with two attached hydrogens (primary N) is 1. The third-order valence-electron chi connectivity index (χ3n) is 2.49. The highest BCUT2D eigenvalue weighted by Crippen LogP contribution is 2.03. The van der Waals surface area contributed by atoms with Crippen LogP contribution in [0.15, 0.2) is 0 Å². The Bertz CT molecular complexity index is 122. The third-order valence-corrected chi connectivity index (χ3v) is 2.49. The molecule has 0 bridgehead atoms. The SMILES string of the molecule is C[C@H](N)CCCCN1CCOCC1. The van der Waals surface area contributed by atoms with Crippen LogP contribution < -0.4 is 5.73 Å². The summed E-state index contributed by atoms with van der Waals surface area (Å²) in [5.74, 6) is 0. The van der Waals surface area contributed by atoms with Gasteiger partial charge in [-0.3, -0.25) is 4.90 Å². The zero-order valence-electron chi connectivity index (χ0n) is 8.67. The van der Waals surface area contributed by atoms with Crippen molar-refractivity contribution in [3.05, 3.63) is 0 Å². The van der Waals surface area contributed by atoms with Crippen LogP contribution in [0.2, 0.25) is 0 Å². The summed E-state index contributed by atoms with van der Waals surface area (Å²) in [6.07, 6.45) is 3.70. The second kappa shape index (κ2) is 6.35. The second-order valence-electron chi connectivity index (χ2n) is 3.93. The Hall–Kier alpha value is -0.120. The molecule has 3 nitrogen and oxygen atoms in total. The van der Waals surface area contributed by atoms with E-state index in [1.165, 1.54) is 19.4 Å². The van der Waals surface area contributed by atoms with E-state index in [4.69, 9.17) is 10.5 Å². The Balaban J connectivity index is 1.92. The first-order valence-corrected chi connectivity index (χ1v) is 5.34. The second-order valence-corrected chi connectivity index (χ2v) is 3.93. The summed E-state index contributed by atoms with van der Waals surface area (Å²) >= 11 is 0. The van der Waals surface area contributed by atoms with Gasteiger partial charge in [-0.05, 0) is 26.3 Å². The summed E-state index contributed by atoms with van der Waals surface area (Å²) in [6.45, 7) is 7.34. The molecule has 0 aliphatic carbocycles. The van der Waals surface area contributed by atoms with E-state index in [2.05, 4.69) is 11.8 Å². The van der Waals surface area contributed by atoms with E-state index in [1.807, 2.05) is 0 Å². The van der Waals surface area contributed by atoms with Gasteiger partial charge in [-0.2, -0.15) is 0 Å². The molecule has 0 radical (unpaired) electrons. The van der Waals surface area contributed by atoms with E-state index < -0.39 is 0 Å². The molecule has 0 saturated carbocycles. The van der Waals surface area contributed by atoms with Gasteiger partial charge in [0.2, 0.25) is 0 Å². The van der Waals surface area contributed by atoms with Crippen LogP contribution in [-0.2, 0) is 4.74 Å². The Morgan fingerprint density at radius 1 is 1.31 bits per heavy atom. The predicted molar refractivity (Wildman–Crippen MR) is 54.8 cm³/mol. The first kappa shape index (κ1) is 11.0. The number of morpholine rings is 1. The predicted octanol–water partition coefficient (Wildman–Crippen LogP) is 0.836. The molecule has 78 valence electrons. The fourth-order valence-electron chi connectivity index (χ4n) is 1.63. The summed E-state index contributed by atoms with van der Waals surface area (Å²) in [7, 11) is 0. The molecular formula is C10H22N2O. The summed E-state index contributed by atoms with van der Waals surface area (Å²) in [6, 6.07) is 0.365. The summed E-state index contributed by atoms with van der Waals surface area (Å²) < 4.78 is 5.28. The lowest BCUT2D eigenvalue weighted by atomic mass is 10.1. The first-order chi connectivity index (χ1) is 6.29. The third kappa shape index (κ3) is 5.24. The fourth-order valence-corrected chi connectivity index (χ4v) is 1.63. The van der Waals surface area contributed by atoms with Crippen molar-refractivity contribution in [1.29, 1.82) is 0 Å². The van der Waals surface area contributed by atoms with Crippen LogP contribution in [0.5, 0.6) is 0 Å². The highest BCUT2D eigenvalue weighted by molar-refractivity contribution is 4.62. The molecule has 1 atom stereocenters. The average molecular weight is 186 g/mol. The van der Waals surface area contributed by atoms with E-state index >= 15 is 0 Å². The molecule has 1 aliphatic heterocycles. The van der Waals surface area contributed by atoms with E-state index in [-0.39, 0.29) is 0 Å². The van der Waals surface area contributed by atoms with Gasteiger partial charge in [0.25, 0.3) is 0 Å². The number of hydrogen-bond acceptors (Lipinski definition) is 3. The van der Waals surface area contributed by atoms with Crippen molar-refractivity contribution < 1.29 is 4.74 Å². The van der Waals surface area contributed by atoms with Crippen molar-refractivity contribution >= 4 is 0 Å². The van der Waals surface area contributed by atoms with E-state index in [0.717, 1.165) is 32.7 Å². The lowest BCUT2D eigenvalue weighted by molar-refractivity contribution is 0.0371. The van der Waals surface area contributed by atoms with Gasteiger partial charge in [0, 0.05) is 19.1 Å². The lowest BCUT2D eigenvalue weighted by Gasteiger charge is -2.26. The molecule has 0 aromatic rings. The highest BCUT2D eigenvalue weighted by atomic mass is 16.5. The minimum atomic E-state index is 0.365. The molecule has 1 saturated heterocycles. The van der Waals surface area contributed by atoms with Gasteiger partial charge in [-0.1, -0.05) is 6.42 Å². The van der Waals surface area contributed by atoms with Crippen LogP contribution in [0, 0.1) is 0 Å². The molecule has 3 heteroatoms. The van der Waals surface area contributed by atoms with Crippen molar-refractivity contribution in [2.24, 2.45) is 5.73 Å². The van der Waals surface area contributed by atoms with E-state index in [0.29, 0.717) is 6.04 Å². The van der Waals surface area contributed by atoms with Gasteiger partial charge in [0.1, 0.15) is 0 Å². The van der Waals surface area contributed by atoms with Crippen LogP contribution in [-0.4, -0.2) is 43.8 Å². The van der Waals surface area contributed by atoms with Crippen molar-refractivity contribution in [3.8, 4) is 0 Å². The molecule has 1 heterocycles. The van der Waals surface area contributed by atoms with Crippen molar-refractivity contribution in [2.45, 2.75) is 32.2 Å². The topological polar surface area (TPSA) is 38.5 Å². The summed E-state index contributed by atoms with van der Waals surface area (Å²) in [5.41, 5.74) is 5.68. The molecule has 1 rings (SSSR count). The Kier molecular flexibility index (Phi) is 5.35. The Morgan fingerprint density at radius 2 is 2.00 bits per heavy atom. The minimum Gasteiger partial charge on any atom is -0.379 e. The van der Waals surface area contributed by atoms with Crippen LogP contribution in [0.25, 0.3) is 0 Å². The molecule has 0 aromatic heterocycles. The average Bonchev–Trinajstić information content (AvgIpc) is 2.14. The Labute approximate surface area is 81.2 Å². The maximum absolute atomic E-state index is 5.68. The van der Waals surface area contributed by atoms with Crippen molar-refractivity contribution in [2.75, 3.05) is 32.8 Å². The van der Waals surface area contributed by atoms with Gasteiger partial charge >= 0.3 is 0 Å². The van der Waals surface area contributed by atoms with Gasteiger partial charge in [0.05, 0.1) is 13.2 Å². The normalized spacial score (nSPS) is 21.7. The molecule has 2 N–H and O–H groups in total. The van der Waals surface area contributed by atoms with Gasteiger partial charge in [-0.15, -0.1) is 0 Å². The molecule has 1 aliphatic rings. The van der Waals surface area contributed by atoms with Crippen LogP contribution in [0.1, 0.15) is 26.2 Å². The Morgan fingerprint density at radius 3 is 2.62 bits per heavy atom. The summed E-state index contributed by atoms with van der Waals surface area (Å²) in [4.78, 5) is 2.48. The van der Waals surface area contributed by atoms with Crippen LogP contribution >= 0.6 is 0 Å². The van der Waals surface area contributed by atoms with Crippen LogP contribution in [0.4, 0.5) is 0 Å². The lowest BCUT2D eigenvalue weighted by Crippen LogP contribution is -2.36. The number of rotatable bonds is 5.